The van der Waals surface area contributed by atoms with Crippen molar-refractivity contribution < 1.29 is 0 Å². The Kier molecular flexibility index (Phi) is 5.30. The second-order valence-electron chi connectivity index (χ2n) is 5.84. The fraction of sp³-hybridized carbons (Fsp3) is 0.316. The second-order valence-corrected chi connectivity index (χ2v) is 6.27. The predicted octanol–water partition coefficient (Wildman–Crippen LogP) is 3.57. The highest BCUT2D eigenvalue weighted by molar-refractivity contribution is 6.30. The van der Waals surface area contributed by atoms with E-state index in [1.165, 1.54) is 11.1 Å². The molecule has 118 valence electrons. The summed E-state index contributed by atoms with van der Waals surface area (Å²) in [4.78, 5) is 4.70. The molecule has 0 radical (unpaired) electrons. The van der Waals surface area contributed by atoms with Gasteiger partial charge in [0.1, 0.15) is 0 Å². The van der Waals surface area contributed by atoms with Gasteiger partial charge in [0.25, 0.3) is 0 Å². The molecule has 1 unspecified atom stereocenters. The Morgan fingerprint density at radius 3 is 2.13 bits per heavy atom. The van der Waals surface area contributed by atoms with Gasteiger partial charge in [-0.1, -0.05) is 54.1 Å². The molecule has 4 heteroatoms. The summed E-state index contributed by atoms with van der Waals surface area (Å²) in [6.45, 7) is 4.31. The minimum absolute atomic E-state index is 0.234. The predicted molar refractivity (Wildman–Crippen MR) is 93.4 cm³/mol. The van der Waals surface area contributed by atoms with Gasteiger partial charge in [-0.3, -0.25) is 9.80 Å². The molecule has 0 aliphatic carbocycles. The molecule has 0 amide bonds. The number of nitriles is 1. The van der Waals surface area contributed by atoms with Crippen LogP contribution < -0.4 is 0 Å². The van der Waals surface area contributed by atoms with E-state index in [0.717, 1.165) is 31.2 Å². The molecule has 3 rings (SSSR count). The highest BCUT2D eigenvalue weighted by atomic mass is 35.5. The van der Waals surface area contributed by atoms with Crippen molar-refractivity contribution in [3.05, 3.63) is 70.7 Å². The van der Waals surface area contributed by atoms with E-state index in [4.69, 9.17) is 16.9 Å². The van der Waals surface area contributed by atoms with E-state index in [-0.39, 0.29) is 6.04 Å². The first-order valence-corrected chi connectivity index (χ1v) is 8.29. The standard InChI is InChI=1S/C19H20ClN3/c20-18-8-6-17(7-9-18)19(16-4-2-1-3-5-16)23-14-12-22(11-10-21)13-15-23/h1-9,19H,11-15H2. The van der Waals surface area contributed by atoms with Crippen LogP contribution in [0.5, 0.6) is 0 Å². The van der Waals surface area contributed by atoms with Crippen molar-refractivity contribution in [2.24, 2.45) is 0 Å². The van der Waals surface area contributed by atoms with Crippen molar-refractivity contribution in [3.63, 3.8) is 0 Å². The van der Waals surface area contributed by atoms with E-state index in [0.29, 0.717) is 6.54 Å². The maximum absolute atomic E-state index is 8.86. The van der Waals surface area contributed by atoms with Gasteiger partial charge >= 0.3 is 0 Å². The molecule has 0 aromatic heterocycles. The summed E-state index contributed by atoms with van der Waals surface area (Å²) in [6.07, 6.45) is 0. The third kappa shape index (κ3) is 3.92. The number of rotatable bonds is 4. The van der Waals surface area contributed by atoms with Crippen LogP contribution in [0.3, 0.4) is 0 Å². The molecular formula is C19H20ClN3. The second kappa shape index (κ2) is 7.61. The Morgan fingerprint density at radius 1 is 0.913 bits per heavy atom. The maximum atomic E-state index is 8.86. The molecule has 3 nitrogen and oxygen atoms in total. The van der Waals surface area contributed by atoms with Gasteiger partial charge in [-0.15, -0.1) is 0 Å². The maximum Gasteiger partial charge on any atom is 0.0866 e. The average molecular weight is 326 g/mol. The van der Waals surface area contributed by atoms with Crippen molar-refractivity contribution in [3.8, 4) is 6.07 Å². The molecule has 1 aliphatic heterocycles. The molecule has 1 saturated heterocycles. The number of piperazine rings is 1. The Hall–Kier alpha value is -1.86. The summed E-state index contributed by atoms with van der Waals surface area (Å²) < 4.78 is 0. The minimum atomic E-state index is 0.234. The van der Waals surface area contributed by atoms with Crippen LogP contribution in [-0.4, -0.2) is 42.5 Å². The third-order valence-corrected chi connectivity index (χ3v) is 4.62. The van der Waals surface area contributed by atoms with Crippen molar-refractivity contribution in [1.82, 2.24) is 9.80 Å². The molecule has 1 atom stereocenters. The first-order chi connectivity index (χ1) is 11.3. The molecule has 0 N–H and O–H groups in total. The van der Waals surface area contributed by atoms with Crippen molar-refractivity contribution in [2.75, 3.05) is 32.7 Å². The Morgan fingerprint density at radius 2 is 1.52 bits per heavy atom. The quantitative estimate of drug-likeness (QED) is 0.805. The number of nitrogens with zero attached hydrogens (tertiary/aromatic N) is 3. The summed E-state index contributed by atoms with van der Waals surface area (Å²) in [7, 11) is 0. The number of hydrogen-bond donors (Lipinski definition) is 0. The van der Waals surface area contributed by atoms with Gasteiger partial charge in [-0.25, -0.2) is 0 Å². The highest BCUT2D eigenvalue weighted by Gasteiger charge is 2.26. The topological polar surface area (TPSA) is 30.3 Å². The van der Waals surface area contributed by atoms with E-state index in [2.05, 4.69) is 52.3 Å². The van der Waals surface area contributed by atoms with Crippen LogP contribution in [0.2, 0.25) is 5.02 Å². The number of halogens is 1. The Balaban J connectivity index is 1.85. The van der Waals surface area contributed by atoms with Gasteiger partial charge in [0.2, 0.25) is 0 Å². The van der Waals surface area contributed by atoms with Gasteiger partial charge < -0.3 is 0 Å². The molecule has 1 fully saturated rings. The fourth-order valence-electron chi connectivity index (χ4n) is 3.17. The van der Waals surface area contributed by atoms with Gasteiger partial charge in [0, 0.05) is 31.2 Å². The minimum Gasteiger partial charge on any atom is -0.290 e. The molecule has 1 heterocycles. The lowest BCUT2D eigenvalue weighted by Gasteiger charge is -2.39. The smallest absolute Gasteiger partial charge is 0.0866 e. The first kappa shape index (κ1) is 16.0. The van der Waals surface area contributed by atoms with E-state index in [9.17, 15) is 0 Å². The fourth-order valence-corrected chi connectivity index (χ4v) is 3.30. The van der Waals surface area contributed by atoms with Gasteiger partial charge in [0.15, 0.2) is 0 Å². The SMILES string of the molecule is N#CCN1CCN(C(c2ccccc2)c2ccc(Cl)cc2)CC1. The lowest BCUT2D eigenvalue weighted by molar-refractivity contribution is 0.118. The number of benzene rings is 2. The average Bonchev–Trinajstić information content (AvgIpc) is 2.60. The Labute approximate surface area is 142 Å². The molecule has 2 aromatic rings. The largest absolute Gasteiger partial charge is 0.290 e. The normalized spacial score (nSPS) is 17.6. The van der Waals surface area contributed by atoms with E-state index >= 15 is 0 Å². The summed E-state index contributed by atoms with van der Waals surface area (Å²) >= 11 is 6.05. The third-order valence-electron chi connectivity index (χ3n) is 4.37. The van der Waals surface area contributed by atoms with Gasteiger partial charge in [-0.2, -0.15) is 5.26 Å². The molecule has 0 bridgehead atoms. The zero-order chi connectivity index (χ0) is 16.1. The van der Waals surface area contributed by atoms with E-state index in [1.807, 2.05) is 18.2 Å². The molecule has 0 spiro atoms. The van der Waals surface area contributed by atoms with Gasteiger partial charge in [0.05, 0.1) is 18.7 Å². The first-order valence-electron chi connectivity index (χ1n) is 7.91. The van der Waals surface area contributed by atoms with Gasteiger partial charge in [-0.05, 0) is 23.3 Å². The van der Waals surface area contributed by atoms with Crippen LogP contribution in [0.15, 0.2) is 54.6 Å². The van der Waals surface area contributed by atoms with Crippen LogP contribution in [0.4, 0.5) is 0 Å². The molecule has 1 aliphatic rings. The lowest BCUT2D eigenvalue weighted by Crippen LogP contribution is -2.47. The van der Waals surface area contributed by atoms with Crippen LogP contribution in [0, 0.1) is 11.3 Å². The summed E-state index contributed by atoms with van der Waals surface area (Å²) in [5.74, 6) is 0. The van der Waals surface area contributed by atoms with Crippen molar-refractivity contribution in [2.45, 2.75) is 6.04 Å². The monoisotopic (exact) mass is 325 g/mol. The zero-order valence-electron chi connectivity index (χ0n) is 13.0. The zero-order valence-corrected chi connectivity index (χ0v) is 13.8. The highest BCUT2D eigenvalue weighted by Crippen LogP contribution is 2.30. The molecule has 2 aromatic carbocycles. The van der Waals surface area contributed by atoms with Crippen LogP contribution in [0.1, 0.15) is 17.2 Å². The summed E-state index contributed by atoms with van der Waals surface area (Å²) in [5, 5.41) is 9.62. The Bertz CT molecular complexity index is 655. The summed E-state index contributed by atoms with van der Waals surface area (Å²) in [6, 6.07) is 21.2. The summed E-state index contributed by atoms with van der Waals surface area (Å²) in [5.41, 5.74) is 2.55. The molecule has 23 heavy (non-hydrogen) atoms. The van der Waals surface area contributed by atoms with Crippen LogP contribution in [-0.2, 0) is 0 Å². The molecule has 0 saturated carbocycles. The lowest BCUT2D eigenvalue weighted by atomic mass is 9.96. The van der Waals surface area contributed by atoms with E-state index < -0.39 is 0 Å². The van der Waals surface area contributed by atoms with Crippen molar-refractivity contribution >= 4 is 11.6 Å². The van der Waals surface area contributed by atoms with Crippen LogP contribution in [0.25, 0.3) is 0 Å². The van der Waals surface area contributed by atoms with E-state index in [1.54, 1.807) is 0 Å². The number of hydrogen-bond acceptors (Lipinski definition) is 3. The van der Waals surface area contributed by atoms with Crippen LogP contribution >= 0.6 is 11.6 Å². The molecular weight excluding hydrogens is 306 g/mol. The van der Waals surface area contributed by atoms with Crippen molar-refractivity contribution in [1.29, 1.82) is 5.26 Å².